The van der Waals surface area contributed by atoms with Gasteiger partial charge in [0.1, 0.15) is 0 Å². The molecule has 0 aliphatic heterocycles. The Labute approximate surface area is 90.3 Å². The van der Waals surface area contributed by atoms with E-state index in [1.807, 2.05) is 7.05 Å². The normalized spacial score (nSPS) is 12.8. The third-order valence-corrected chi connectivity index (χ3v) is 3.07. The van der Waals surface area contributed by atoms with Crippen molar-refractivity contribution in [1.29, 1.82) is 0 Å². The maximum atomic E-state index is 5.55. The van der Waals surface area contributed by atoms with Crippen molar-refractivity contribution in [3.8, 4) is 0 Å². The van der Waals surface area contributed by atoms with Gasteiger partial charge in [0.25, 0.3) is 0 Å². The van der Waals surface area contributed by atoms with Crippen LogP contribution in [0.4, 0.5) is 0 Å². The number of thioether (sulfide) groups is 1. The smallest absolute Gasteiger partial charge is 0.0329 e. The van der Waals surface area contributed by atoms with Crippen LogP contribution >= 0.6 is 11.8 Å². The minimum Gasteiger partial charge on any atom is -0.330 e. The lowest BCUT2D eigenvalue weighted by Crippen LogP contribution is -2.19. The molecule has 0 fully saturated rings. The predicted octanol–water partition coefficient (Wildman–Crippen LogP) is 2.02. The van der Waals surface area contributed by atoms with Crippen LogP contribution in [-0.4, -0.2) is 19.8 Å². The first-order valence-electron chi connectivity index (χ1n) is 4.83. The molecule has 0 aliphatic carbocycles. The molecule has 0 radical (unpaired) electrons. The largest absolute Gasteiger partial charge is 0.330 e. The zero-order valence-electron chi connectivity index (χ0n) is 8.79. The first kappa shape index (κ1) is 11.6. The van der Waals surface area contributed by atoms with Crippen molar-refractivity contribution in [3.63, 3.8) is 0 Å². The highest BCUT2D eigenvalue weighted by Gasteiger charge is 2.06. The van der Waals surface area contributed by atoms with Crippen LogP contribution in [0, 0.1) is 0 Å². The van der Waals surface area contributed by atoms with Crippen LogP contribution in [0.3, 0.4) is 0 Å². The number of rotatable bonds is 5. The van der Waals surface area contributed by atoms with Crippen LogP contribution in [0.1, 0.15) is 18.0 Å². The van der Waals surface area contributed by atoms with Gasteiger partial charge in [-0.3, -0.25) is 0 Å². The fourth-order valence-corrected chi connectivity index (χ4v) is 1.89. The maximum absolute atomic E-state index is 5.55. The Morgan fingerprint density at radius 2 is 2.00 bits per heavy atom. The maximum Gasteiger partial charge on any atom is 0.0329 e. The summed E-state index contributed by atoms with van der Waals surface area (Å²) in [5.41, 5.74) is 6.87. The van der Waals surface area contributed by atoms with Crippen molar-refractivity contribution >= 4 is 11.8 Å². The first-order valence-corrected chi connectivity index (χ1v) is 6.05. The third-order valence-electron chi connectivity index (χ3n) is 2.32. The minimum atomic E-state index is 0.385. The molecule has 0 aromatic heterocycles. The van der Waals surface area contributed by atoms with Gasteiger partial charge in [0.15, 0.2) is 0 Å². The van der Waals surface area contributed by atoms with Gasteiger partial charge in [-0.15, -0.1) is 11.8 Å². The van der Waals surface area contributed by atoms with Crippen LogP contribution in [0.2, 0.25) is 0 Å². The van der Waals surface area contributed by atoms with Gasteiger partial charge in [0.2, 0.25) is 0 Å². The number of nitrogens with two attached hydrogens (primary N) is 1. The third kappa shape index (κ3) is 3.01. The van der Waals surface area contributed by atoms with E-state index in [0.717, 1.165) is 13.0 Å². The summed E-state index contributed by atoms with van der Waals surface area (Å²) in [4.78, 5) is 1.30. The van der Waals surface area contributed by atoms with Gasteiger partial charge in [-0.1, -0.05) is 12.1 Å². The van der Waals surface area contributed by atoms with Crippen LogP contribution in [0.5, 0.6) is 0 Å². The zero-order chi connectivity index (χ0) is 10.4. The Kier molecular flexibility index (Phi) is 5.01. The summed E-state index contributed by atoms with van der Waals surface area (Å²) in [7, 11) is 1.98. The Morgan fingerprint density at radius 3 is 2.43 bits per heavy atom. The molecule has 1 aromatic rings. The summed E-state index contributed by atoms with van der Waals surface area (Å²) in [6.45, 7) is 0.718. The number of hydrogen-bond acceptors (Lipinski definition) is 3. The molecule has 78 valence electrons. The summed E-state index contributed by atoms with van der Waals surface area (Å²) >= 11 is 1.77. The van der Waals surface area contributed by atoms with Gasteiger partial charge in [0.05, 0.1) is 0 Å². The molecule has 0 amide bonds. The van der Waals surface area contributed by atoms with E-state index in [-0.39, 0.29) is 0 Å². The van der Waals surface area contributed by atoms with Crippen LogP contribution < -0.4 is 11.1 Å². The molecule has 14 heavy (non-hydrogen) atoms. The van der Waals surface area contributed by atoms with Gasteiger partial charge >= 0.3 is 0 Å². The van der Waals surface area contributed by atoms with Crippen LogP contribution in [0.15, 0.2) is 29.2 Å². The molecule has 1 atom stereocenters. The molecule has 3 N–H and O–H groups in total. The highest BCUT2D eigenvalue weighted by atomic mass is 32.2. The van der Waals surface area contributed by atoms with Gasteiger partial charge in [-0.05, 0) is 44.0 Å². The molecular formula is C11H18N2S. The molecule has 2 nitrogen and oxygen atoms in total. The molecule has 0 spiro atoms. The quantitative estimate of drug-likeness (QED) is 0.730. The summed E-state index contributed by atoms with van der Waals surface area (Å²) in [5.74, 6) is 0. The van der Waals surface area contributed by atoms with Crippen molar-refractivity contribution in [2.45, 2.75) is 17.4 Å². The Balaban J connectivity index is 2.73. The molecular weight excluding hydrogens is 192 g/mol. The zero-order valence-corrected chi connectivity index (χ0v) is 9.60. The van der Waals surface area contributed by atoms with Crippen molar-refractivity contribution in [2.24, 2.45) is 5.73 Å². The lowest BCUT2D eigenvalue weighted by atomic mass is 10.0. The average Bonchev–Trinajstić information content (AvgIpc) is 2.26. The number of benzene rings is 1. The van der Waals surface area contributed by atoms with Gasteiger partial charge in [-0.25, -0.2) is 0 Å². The predicted molar refractivity (Wildman–Crippen MR) is 63.7 cm³/mol. The molecule has 1 aromatic carbocycles. The second kappa shape index (κ2) is 6.06. The summed E-state index contributed by atoms with van der Waals surface area (Å²) < 4.78 is 0. The molecule has 0 bridgehead atoms. The van der Waals surface area contributed by atoms with E-state index < -0.39 is 0 Å². The number of nitrogens with one attached hydrogen (secondary N) is 1. The second-order valence-electron chi connectivity index (χ2n) is 3.19. The molecule has 1 unspecified atom stereocenters. The Hall–Kier alpha value is -0.510. The lowest BCUT2D eigenvalue weighted by molar-refractivity contribution is 0.556. The molecule has 0 saturated carbocycles. The first-order chi connectivity index (χ1) is 6.81. The Bertz CT molecular complexity index is 258. The fraction of sp³-hybridized carbons (Fsp3) is 0.455. The van der Waals surface area contributed by atoms with Crippen LogP contribution in [-0.2, 0) is 0 Å². The van der Waals surface area contributed by atoms with E-state index in [9.17, 15) is 0 Å². The highest BCUT2D eigenvalue weighted by Crippen LogP contribution is 2.20. The topological polar surface area (TPSA) is 38.0 Å². The summed E-state index contributed by atoms with van der Waals surface area (Å²) in [6, 6.07) is 9.03. The average molecular weight is 210 g/mol. The van der Waals surface area contributed by atoms with Crippen molar-refractivity contribution in [2.75, 3.05) is 19.8 Å². The van der Waals surface area contributed by atoms with Crippen molar-refractivity contribution in [3.05, 3.63) is 29.8 Å². The summed E-state index contributed by atoms with van der Waals surface area (Å²) in [6.07, 6.45) is 3.07. The standard InChI is InChI=1S/C11H18N2S/c1-13-11(7-8-12)9-3-5-10(14-2)6-4-9/h3-6,11,13H,7-8,12H2,1-2H3. The fourth-order valence-electron chi connectivity index (χ4n) is 1.48. The summed E-state index contributed by atoms with van der Waals surface area (Å²) in [5, 5.41) is 3.27. The second-order valence-corrected chi connectivity index (χ2v) is 4.07. The highest BCUT2D eigenvalue weighted by molar-refractivity contribution is 7.98. The van der Waals surface area contributed by atoms with E-state index in [1.165, 1.54) is 10.5 Å². The van der Waals surface area contributed by atoms with Gasteiger partial charge in [-0.2, -0.15) is 0 Å². The molecule has 0 heterocycles. The lowest BCUT2D eigenvalue weighted by Gasteiger charge is -2.15. The SMILES string of the molecule is CNC(CCN)c1ccc(SC)cc1. The van der Waals surface area contributed by atoms with E-state index in [1.54, 1.807) is 11.8 Å². The van der Waals surface area contributed by atoms with E-state index in [4.69, 9.17) is 5.73 Å². The number of hydrogen-bond donors (Lipinski definition) is 2. The van der Waals surface area contributed by atoms with Crippen LogP contribution in [0.25, 0.3) is 0 Å². The van der Waals surface area contributed by atoms with Crippen molar-refractivity contribution < 1.29 is 0 Å². The van der Waals surface area contributed by atoms with Crippen molar-refractivity contribution in [1.82, 2.24) is 5.32 Å². The molecule has 0 aliphatic rings. The van der Waals surface area contributed by atoms with E-state index in [0.29, 0.717) is 6.04 Å². The Morgan fingerprint density at radius 1 is 1.36 bits per heavy atom. The monoisotopic (exact) mass is 210 g/mol. The molecule has 3 heteroatoms. The molecule has 0 saturated heterocycles. The molecule has 1 rings (SSSR count). The van der Waals surface area contributed by atoms with E-state index in [2.05, 4.69) is 35.8 Å². The van der Waals surface area contributed by atoms with Gasteiger partial charge < -0.3 is 11.1 Å². The minimum absolute atomic E-state index is 0.385. The van der Waals surface area contributed by atoms with Gasteiger partial charge in [0, 0.05) is 10.9 Å². The van der Waals surface area contributed by atoms with E-state index >= 15 is 0 Å².